The van der Waals surface area contributed by atoms with Gasteiger partial charge < -0.3 is 20.9 Å². The second-order valence-corrected chi connectivity index (χ2v) is 5.81. The Morgan fingerprint density at radius 1 is 1.38 bits per heavy atom. The van der Waals surface area contributed by atoms with E-state index in [0.717, 1.165) is 0 Å². The third-order valence-corrected chi connectivity index (χ3v) is 4.35. The van der Waals surface area contributed by atoms with Crippen molar-refractivity contribution in [3.8, 4) is 5.75 Å². The topological polar surface area (TPSA) is 99.2 Å². The number of amides is 1. The van der Waals surface area contributed by atoms with E-state index in [2.05, 4.69) is 5.16 Å². The largest absolute Gasteiger partial charge is 0.507 e. The number of nitrogens with two attached hydrogens (primary N) is 1. The van der Waals surface area contributed by atoms with Crippen molar-refractivity contribution in [2.45, 2.75) is 26.7 Å². The van der Waals surface area contributed by atoms with Gasteiger partial charge in [-0.15, -0.1) is 0 Å². The summed E-state index contributed by atoms with van der Waals surface area (Å²) < 4.78 is 0. The van der Waals surface area contributed by atoms with Crippen LogP contribution in [0.3, 0.4) is 0 Å². The molecule has 0 saturated carbocycles. The van der Waals surface area contributed by atoms with E-state index >= 15 is 0 Å². The number of carbonyl (C=O) groups is 1. The van der Waals surface area contributed by atoms with Gasteiger partial charge in [-0.25, -0.2) is 0 Å². The van der Waals surface area contributed by atoms with Crippen LogP contribution < -0.4 is 5.73 Å². The molecule has 1 amide bonds. The average molecular weight is 291 g/mol. The zero-order valence-corrected chi connectivity index (χ0v) is 12.3. The van der Waals surface area contributed by atoms with Crippen molar-refractivity contribution in [2.24, 2.45) is 16.3 Å². The lowest BCUT2D eigenvalue weighted by Crippen LogP contribution is -2.47. The quantitative estimate of drug-likeness (QED) is 0.334. The zero-order valence-electron chi connectivity index (χ0n) is 12.3. The standard InChI is InChI=1S/C15H21N3O3/c1-10-4-3-5-11(12(10)19)13(20)18-8-6-15(2,7-9-18)14(16)17-21/h3-5,19,21H,6-9H2,1-2H3,(H2,16,17). The van der Waals surface area contributed by atoms with E-state index < -0.39 is 0 Å². The Morgan fingerprint density at radius 2 is 2.00 bits per heavy atom. The Bertz CT molecular complexity index is 576. The molecule has 1 saturated heterocycles. The summed E-state index contributed by atoms with van der Waals surface area (Å²) >= 11 is 0. The number of carbonyl (C=O) groups excluding carboxylic acids is 1. The Balaban J connectivity index is 2.12. The third-order valence-electron chi connectivity index (χ3n) is 4.35. The molecule has 1 fully saturated rings. The molecular formula is C15H21N3O3. The average Bonchev–Trinajstić information content (AvgIpc) is 2.49. The van der Waals surface area contributed by atoms with Crippen LogP contribution in [0.1, 0.15) is 35.7 Å². The minimum absolute atomic E-state index is 0.0345. The predicted molar refractivity (Wildman–Crippen MR) is 79.5 cm³/mol. The molecule has 0 atom stereocenters. The molecule has 0 radical (unpaired) electrons. The van der Waals surface area contributed by atoms with Gasteiger partial charge in [-0.1, -0.05) is 24.2 Å². The lowest BCUT2D eigenvalue weighted by atomic mass is 9.79. The molecule has 1 aliphatic heterocycles. The van der Waals surface area contributed by atoms with Gasteiger partial charge in [-0.3, -0.25) is 4.79 Å². The van der Waals surface area contributed by atoms with E-state index in [1.807, 2.05) is 6.92 Å². The monoisotopic (exact) mass is 291 g/mol. The number of para-hydroxylation sites is 1. The summed E-state index contributed by atoms with van der Waals surface area (Å²) in [6, 6.07) is 5.15. The number of benzene rings is 1. The highest BCUT2D eigenvalue weighted by Gasteiger charge is 2.36. The summed E-state index contributed by atoms with van der Waals surface area (Å²) in [5.74, 6) is 0.0537. The minimum Gasteiger partial charge on any atom is -0.507 e. The number of phenols is 1. The Morgan fingerprint density at radius 3 is 2.57 bits per heavy atom. The lowest BCUT2D eigenvalue weighted by molar-refractivity contribution is 0.0663. The van der Waals surface area contributed by atoms with Crippen LogP contribution in [0, 0.1) is 12.3 Å². The Hall–Kier alpha value is -2.24. The van der Waals surface area contributed by atoms with E-state index in [1.54, 1.807) is 30.0 Å². The van der Waals surface area contributed by atoms with Gasteiger partial charge in [0.1, 0.15) is 11.6 Å². The second kappa shape index (κ2) is 5.63. The van der Waals surface area contributed by atoms with E-state index in [0.29, 0.717) is 37.1 Å². The highest BCUT2D eigenvalue weighted by molar-refractivity contribution is 5.97. The van der Waals surface area contributed by atoms with Gasteiger partial charge >= 0.3 is 0 Å². The number of rotatable bonds is 2. The number of amidine groups is 1. The summed E-state index contributed by atoms with van der Waals surface area (Å²) in [7, 11) is 0. The normalized spacial score (nSPS) is 18.6. The van der Waals surface area contributed by atoms with Gasteiger partial charge in [0.2, 0.25) is 0 Å². The molecule has 1 aliphatic rings. The van der Waals surface area contributed by atoms with Crippen LogP contribution in [0.5, 0.6) is 5.75 Å². The van der Waals surface area contributed by atoms with Gasteiger partial charge in [0.25, 0.3) is 5.91 Å². The van der Waals surface area contributed by atoms with Crippen LogP contribution in [0.25, 0.3) is 0 Å². The van der Waals surface area contributed by atoms with Crippen LogP contribution in [0.15, 0.2) is 23.4 Å². The number of phenolic OH excluding ortho intramolecular Hbond substituents is 1. The summed E-state index contributed by atoms with van der Waals surface area (Å²) in [6.07, 6.45) is 1.25. The molecule has 1 heterocycles. The number of nitrogens with zero attached hydrogens (tertiary/aromatic N) is 2. The molecule has 0 unspecified atom stereocenters. The van der Waals surface area contributed by atoms with Crippen LogP contribution >= 0.6 is 0 Å². The van der Waals surface area contributed by atoms with E-state index in [4.69, 9.17) is 10.9 Å². The summed E-state index contributed by atoms with van der Waals surface area (Å²) in [6.45, 7) is 4.71. The van der Waals surface area contributed by atoms with Gasteiger partial charge in [0, 0.05) is 18.5 Å². The second-order valence-electron chi connectivity index (χ2n) is 5.81. The minimum atomic E-state index is -0.389. The molecule has 1 aromatic rings. The van der Waals surface area contributed by atoms with Crippen molar-refractivity contribution in [1.29, 1.82) is 0 Å². The molecule has 6 nitrogen and oxygen atoms in total. The maximum absolute atomic E-state index is 12.5. The smallest absolute Gasteiger partial charge is 0.257 e. The summed E-state index contributed by atoms with van der Waals surface area (Å²) in [5.41, 5.74) is 6.33. The highest BCUT2D eigenvalue weighted by atomic mass is 16.4. The van der Waals surface area contributed by atoms with E-state index in [1.165, 1.54) is 0 Å². The number of oxime groups is 1. The van der Waals surface area contributed by atoms with Gasteiger partial charge in [0.05, 0.1) is 5.56 Å². The molecule has 0 aliphatic carbocycles. The van der Waals surface area contributed by atoms with Gasteiger partial charge in [0.15, 0.2) is 0 Å². The highest BCUT2D eigenvalue weighted by Crippen LogP contribution is 2.32. The molecular weight excluding hydrogens is 270 g/mol. The number of aryl methyl sites for hydroxylation is 1. The fourth-order valence-corrected chi connectivity index (χ4v) is 2.58. The zero-order chi connectivity index (χ0) is 15.6. The fraction of sp³-hybridized carbons (Fsp3) is 0.467. The Kier molecular flexibility index (Phi) is 4.06. The van der Waals surface area contributed by atoms with Crippen LogP contribution in [0.2, 0.25) is 0 Å². The first-order chi connectivity index (χ1) is 9.89. The predicted octanol–water partition coefficient (Wildman–Crippen LogP) is 1.69. The van der Waals surface area contributed by atoms with Crippen molar-refractivity contribution in [1.82, 2.24) is 4.90 Å². The van der Waals surface area contributed by atoms with Gasteiger partial charge in [-0.2, -0.15) is 0 Å². The van der Waals surface area contributed by atoms with Gasteiger partial charge in [-0.05, 0) is 31.4 Å². The summed E-state index contributed by atoms with van der Waals surface area (Å²) in [5, 5.41) is 21.9. The summed E-state index contributed by atoms with van der Waals surface area (Å²) in [4.78, 5) is 14.2. The van der Waals surface area contributed by atoms with Crippen molar-refractivity contribution in [2.75, 3.05) is 13.1 Å². The molecule has 0 spiro atoms. The van der Waals surface area contributed by atoms with Crippen molar-refractivity contribution < 1.29 is 15.1 Å². The number of aromatic hydroxyl groups is 1. The maximum Gasteiger partial charge on any atom is 0.257 e. The molecule has 0 aromatic heterocycles. The number of likely N-dealkylation sites (tertiary alicyclic amines) is 1. The van der Waals surface area contributed by atoms with Crippen molar-refractivity contribution in [3.63, 3.8) is 0 Å². The molecule has 1 aromatic carbocycles. The maximum atomic E-state index is 12.5. The molecule has 0 bridgehead atoms. The van der Waals surface area contributed by atoms with Crippen LogP contribution in [-0.2, 0) is 0 Å². The molecule has 6 heteroatoms. The Labute approximate surface area is 123 Å². The van der Waals surface area contributed by atoms with Crippen molar-refractivity contribution >= 4 is 11.7 Å². The number of hydrogen-bond donors (Lipinski definition) is 3. The molecule has 4 N–H and O–H groups in total. The lowest BCUT2D eigenvalue weighted by Gasteiger charge is -2.38. The number of hydrogen-bond acceptors (Lipinski definition) is 4. The first-order valence-corrected chi connectivity index (χ1v) is 6.95. The first-order valence-electron chi connectivity index (χ1n) is 6.95. The number of piperidine rings is 1. The van der Waals surface area contributed by atoms with Crippen LogP contribution in [0.4, 0.5) is 0 Å². The first kappa shape index (κ1) is 15.2. The molecule has 2 rings (SSSR count). The van der Waals surface area contributed by atoms with Crippen molar-refractivity contribution in [3.05, 3.63) is 29.3 Å². The fourth-order valence-electron chi connectivity index (χ4n) is 2.58. The van der Waals surface area contributed by atoms with E-state index in [9.17, 15) is 9.90 Å². The van der Waals surface area contributed by atoms with Crippen LogP contribution in [-0.4, -0.2) is 40.0 Å². The van der Waals surface area contributed by atoms with E-state index in [-0.39, 0.29) is 22.9 Å². The third kappa shape index (κ3) is 2.79. The molecule has 21 heavy (non-hydrogen) atoms. The molecule has 114 valence electrons. The SMILES string of the molecule is Cc1cccc(C(=O)N2CCC(C)(/C(N)=N/O)CC2)c1O.